The van der Waals surface area contributed by atoms with Crippen LogP contribution in [0.4, 0.5) is 0 Å². The van der Waals surface area contributed by atoms with Crippen molar-refractivity contribution < 1.29 is 72.3 Å². The first kappa shape index (κ1) is 99.0. The largest absolute Gasteiger partial charge is 0.480 e. The van der Waals surface area contributed by atoms with E-state index >= 15 is 0 Å². The Morgan fingerprint density at radius 2 is 0.856 bits per heavy atom. The van der Waals surface area contributed by atoms with Crippen LogP contribution in [0.25, 0.3) is 0 Å². The predicted molar refractivity (Wildman–Crippen MR) is 439 cm³/mol. The number of methoxy groups -OCH3 is 4. The summed E-state index contributed by atoms with van der Waals surface area (Å²) in [6, 6.07) is 14.4. The number of aliphatic carboxylic acids is 1. The van der Waals surface area contributed by atoms with Crippen LogP contribution in [0.3, 0.4) is 0 Å². The van der Waals surface area contributed by atoms with Crippen LogP contribution < -0.4 is 10.6 Å². The molecule has 4 rings (SSSR count). The number of carboxylic acid groups (broad SMARTS) is 1. The molecule has 4 N–H and O–H groups in total. The highest BCUT2D eigenvalue weighted by molar-refractivity contribution is 5.92. The lowest BCUT2D eigenvalue weighted by Gasteiger charge is -2.42. The Morgan fingerprint density at radius 3 is 1.16 bits per heavy atom. The van der Waals surface area contributed by atoms with Gasteiger partial charge in [-0.05, 0) is 135 Å². The molecule has 0 spiro atoms. The van der Waals surface area contributed by atoms with Crippen molar-refractivity contribution >= 4 is 53.0 Å². The summed E-state index contributed by atoms with van der Waals surface area (Å²) in [7, 11) is 13.7. The first-order chi connectivity index (χ1) is 51.8. The van der Waals surface area contributed by atoms with E-state index in [0.717, 1.165) is 24.8 Å². The minimum Gasteiger partial charge on any atom is -0.480 e. The first-order valence-corrected chi connectivity index (χ1v) is 41.1. The molecule has 0 aromatic heterocycles. The summed E-state index contributed by atoms with van der Waals surface area (Å²) in [5.41, 5.74) is 1.06. The molecule has 2 unspecified atom stereocenters. The summed E-state index contributed by atoms with van der Waals surface area (Å²) in [5.74, 6) is -4.78. The van der Waals surface area contributed by atoms with Crippen LogP contribution in [-0.4, -0.2) is 246 Å². The maximum absolute atomic E-state index is 14.5. The maximum Gasteiger partial charge on any atom is 0.326 e. The van der Waals surface area contributed by atoms with Crippen LogP contribution in [0.15, 0.2) is 60.7 Å². The highest BCUT2D eigenvalue weighted by Gasteiger charge is 2.47. The van der Waals surface area contributed by atoms with Gasteiger partial charge >= 0.3 is 5.97 Å². The number of hydrogen-bond donors (Lipinski definition) is 4. The number of nitrogens with one attached hydrogen (secondary N) is 2. The molecule has 2 aliphatic heterocycles. The summed E-state index contributed by atoms with van der Waals surface area (Å²) in [6.07, 6.45) is 1.36. The molecule has 2 heterocycles. The van der Waals surface area contributed by atoms with Crippen molar-refractivity contribution in [2.75, 3.05) is 69.7 Å². The van der Waals surface area contributed by atoms with Gasteiger partial charge in [0.05, 0.1) is 97.5 Å². The van der Waals surface area contributed by atoms with Crippen molar-refractivity contribution in [1.82, 2.24) is 40.0 Å². The molecule has 0 saturated carbocycles. The number of ketones is 2. The number of benzene rings is 2. The Balaban J connectivity index is 0.000000575. The Labute approximate surface area is 668 Å². The van der Waals surface area contributed by atoms with E-state index in [1.54, 1.807) is 70.9 Å². The van der Waals surface area contributed by atoms with Crippen molar-refractivity contribution in [3.63, 3.8) is 0 Å². The van der Waals surface area contributed by atoms with Crippen LogP contribution in [0.5, 0.6) is 0 Å². The summed E-state index contributed by atoms with van der Waals surface area (Å²) >= 11 is 0. The van der Waals surface area contributed by atoms with Gasteiger partial charge in [-0.3, -0.25) is 48.2 Å². The molecular weight excluding hydrogens is 1410 g/mol. The minimum absolute atomic E-state index is 0.00342. The molecule has 23 nitrogen and oxygen atoms in total. The molecule has 0 bridgehead atoms. The molecule has 6 amide bonds. The molecule has 632 valence electrons. The molecular formula is C88H150N8O15. The fourth-order valence-corrected chi connectivity index (χ4v) is 16.7. The fraction of sp³-hybridized carbons (Fsp3) is 0.761. The van der Waals surface area contributed by atoms with E-state index in [9.17, 15) is 53.4 Å². The molecule has 2 aromatic rings. The van der Waals surface area contributed by atoms with Gasteiger partial charge < -0.3 is 59.4 Å². The monoisotopic (exact) mass is 1560 g/mol. The number of carbonyl (C=O) groups is 9. The Kier molecular flexibility index (Phi) is 40.8. The van der Waals surface area contributed by atoms with Gasteiger partial charge in [-0.1, -0.05) is 170 Å². The lowest BCUT2D eigenvalue weighted by Crippen LogP contribution is -2.55. The zero-order valence-electron chi connectivity index (χ0n) is 73.6. The quantitative estimate of drug-likeness (QED) is 0.0480. The van der Waals surface area contributed by atoms with Crippen molar-refractivity contribution in [3.8, 4) is 0 Å². The van der Waals surface area contributed by atoms with Crippen LogP contribution in [0, 0.1) is 59.2 Å². The fourth-order valence-electron chi connectivity index (χ4n) is 16.7. The highest BCUT2D eigenvalue weighted by atomic mass is 16.5. The molecule has 2 aromatic carbocycles. The molecule has 0 radical (unpaired) electrons. The number of carboxylic acids is 1. The second kappa shape index (κ2) is 45.8. The number of amides is 6. The summed E-state index contributed by atoms with van der Waals surface area (Å²) < 4.78 is 24.0. The summed E-state index contributed by atoms with van der Waals surface area (Å²) in [5, 5.41) is 26.4. The van der Waals surface area contributed by atoms with Crippen molar-refractivity contribution in [1.29, 1.82) is 0 Å². The van der Waals surface area contributed by atoms with Crippen LogP contribution in [-0.2, 0) is 68.5 Å². The first-order valence-electron chi connectivity index (χ1n) is 41.1. The number of nitrogens with zero attached hydrogens (tertiary/aromatic N) is 6. The van der Waals surface area contributed by atoms with E-state index in [0.29, 0.717) is 37.9 Å². The second-order valence-corrected chi connectivity index (χ2v) is 35.4. The van der Waals surface area contributed by atoms with Crippen molar-refractivity contribution in [3.05, 3.63) is 71.8 Å². The zero-order valence-corrected chi connectivity index (χ0v) is 73.6. The Hall–Kier alpha value is -6.21. The molecule has 2 fully saturated rings. The third-order valence-electron chi connectivity index (χ3n) is 24.4. The van der Waals surface area contributed by atoms with E-state index in [2.05, 4.69) is 96.6 Å². The number of likely N-dealkylation sites (tertiary alicyclic amines) is 2. The van der Waals surface area contributed by atoms with E-state index in [1.165, 1.54) is 7.11 Å². The smallest absolute Gasteiger partial charge is 0.326 e. The second-order valence-electron chi connectivity index (χ2n) is 35.4. The SMILES string of the molecule is CCC(C)[C@@H]([C@@H](CC(=O)N1CCC[C@H]1[C@H](OC)[C@@H](C)C(=O)N[C@@H](Cc1ccccc1)C(=O)O)OC)N(C)C(=O)[C@@H](CC(=O)[C@H](C(C)C)N(C)C(C)(C)C)C(C)C.CCC(C)[C@@H]([C@@H](CC(=O)N1CCC[C@H]1[C@H](OC)[C@@H](C)C(=O)N[C@H](C)[C@@H](O)c1ccccc1)OC)N(C)C(=O)[C@@H](CC(=O)[C@H](C(C)C)N(C)C(C)(C)C)C(C)C. The molecule has 23 heteroatoms. The third kappa shape index (κ3) is 27.5. The van der Waals surface area contributed by atoms with E-state index in [4.69, 9.17) is 18.9 Å². The normalized spacial score (nSPS) is 19.6. The third-order valence-corrected chi connectivity index (χ3v) is 24.4. The van der Waals surface area contributed by atoms with Crippen molar-refractivity contribution in [2.24, 2.45) is 59.2 Å². The number of rotatable bonds is 43. The number of aliphatic hydroxyl groups excluding tert-OH is 1. The van der Waals surface area contributed by atoms with Gasteiger partial charge in [0, 0.05) is 97.8 Å². The van der Waals surface area contributed by atoms with Crippen molar-refractivity contribution in [2.45, 2.75) is 306 Å². The number of hydrogen-bond acceptors (Lipinski definition) is 16. The molecule has 2 aliphatic rings. The van der Waals surface area contributed by atoms with Gasteiger partial charge in [0.25, 0.3) is 0 Å². The number of aliphatic hydroxyl groups is 1. The lowest BCUT2D eigenvalue weighted by molar-refractivity contribution is -0.149. The summed E-state index contributed by atoms with van der Waals surface area (Å²) in [4.78, 5) is 136. The molecule has 19 atom stereocenters. The highest BCUT2D eigenvalue weighted by Crippen LogP contribution is 2.36. The van der Waals surface area contributed by atoms with Gasteiger partial charge in [0.2, 0.25) is 35.4 Å². The molecule has 2 saturated heterocycles. The zero-order chi connectivity index (χ0) is 84.6. The van der Waals surface area contributed by atoms with Gasteiger partial charge in [-0.2, -0.15) is 0 Å². The standard InChI is InChI=1S/C44H74N4O8.C44H76N4O7/c1-15-29(6)39(46(11)42(52)32(27(2)3)25-35(49)38(28(4)5)47(12)44(8,9)10)36(55-13)26-37(50)48-23-19-22-34(48)40(56-14)30(7)41(51)45-33(43(53)54)24-31-20-17-16-18-21-31;1-16-29(6)39(46(12)43(53)33(27(2)3)25-35(49)38(28(4)5)47(13)44(9,10)11)36(54-14)26-37(50)48-24-20-23-34(48)41(55-15)30(7)42(52)45-31(8)40(51)32-21-18-17-19-22-32/h16-18,20-21,27-30,32-34,36,38-40H,15,19,22-26H2,1-14H3,(H,45,51)(H,53,54);17-19,21-22,27-31,33-34,36,38-41,51H,16,20,23-26H2,1-15H3,(H,45,52)/t29?,30-,32+,33+,34+,36-,38+,39+,40-;29?,30-,31-,33+,34+,36-,38+,39+,40-,41-/m11/s1. The van der Waals surface area contributed by atoms with Crippen LogP contribution in [0.2, 0.25) is 0 Å². The van der Waals surface area contributed by atoms with Gasteiger partial charge in [0.1, 0.15) is 6.04 Å². The topological polar surface area (TPSA) is 275 Å². The van der Waals surface area contributed by atoms with Crippen LogP contribution in [0.1, 0.15) is 227 Å². The number of likely N-dealkylation sites (N-methyl/N-ethyl adjacent to an activating group) is 4. The molecule has 111 heavy (non-hydrogen) atoms. The average molecular weight is 1560 g/mol. The van der Waals surface area contributed by atoms with Crippen LogP contribution >= 0.6 is 0 Å². The van der Waals surface area contributed by atoms with E-state index in [1.807, 2.05) is 128 Å². The average Bonchev–Trinajstić information content (AvgIpc) is 1.76. The predicted octanol–water partition coefficient (Wildman–Crippen LogP) is 11.8. The Bertz CT molecular complexity index is 3210. The lowest BCUT2D eigenvalue weighted by atomic mass is 9.83. The number of ether oxygens (including phenoxy) is 4. The maximum atomic E-state index is 14.5. The molecule has 0 aliphatic carbocycles. The van der Waals surface area contributed by atoms with Gasteiger partial charge in [0.15, 0.2) is 11.6 Å². The van der Waals surface area contributed by atoms with E-state index < -0.39 is 96.3 Å². The summed E-state index contributed by atoms with van der Waals surface area (Å²) in [6.45, 7) is 43.1. The van der Waals surface area contributed by atoms with Gasteiger partial charge in [-0.25, -0.2) is 4.79 Å². The van der Waals surface area contributed by atoms with Gasteiger partial charge in [-0.15, -0.1) is 0 Å². The van der Waals surface area contributed by atoms with E-state index in [-0.39, 0.29) is 138 Å². The number of Topliss-reactive ketones (excluding diaryl/α,β-unsaturated/α-hetero) is 2. The minimum atomic E-state index is -1.13. The Morgan fingerprint density at radius 1 is 0.505 bits per heavy atom. The number of carbonyl (C=O) groups excluding carboxylic acids is 8.